The van der Waals surface area contributed by atoms with E-state index in [0.717, 1.165) is 12.8 Å². The molecular weight excluding hydrogens is 593 g/mol. The van der Waals surface area contributed by atoms with Crippen LogP contribution in [0, 0.1) is 5.82 Å². The number of hydrogen-bond acceptors (Lipinski definition) is 7. The van der Waals surface area contributed by atoms with E-state index in [-0.39, 0.29) is 47.5 Å². The highest BCUT2D eigenvalue weighted by Crippen LogP contribution is 2.43. The molecule has 2 saturated heterocycles. The van der Waals surface area contributed by atoms with E-state index < -0.39 is 11.8 Å². The van der Waals surface area contributed by atoms with E-state index in [2.05, 4.69) is 25.8 Å². The summed E-state index contributed by atoms with van der Waals surface area (Å²) in [6, 6.07) is 10.2. The number of para-hydroxylation sites is 1. The molecule has 39 heavy (non-hydrogen) atoms. The molecule has 2 fully saturated rings. The number of amides is 1. The maximum Gasteiger partial charge on any atom is 0.340 e. The van der Waals surface area contributed by atoms with Crippen LogP contribution in [0.1, 0.15) is 39.3 Å². The zero-order valence-electron chi connectivity index (χ0n) is 21.0. The highest BCUT2D eigenvalue weighted by atomic mass is 79.9. The van der Waals surface area contributed by atoms with Crippen LogP contribution in [0.25, 0.3) is 11.1 Å². The number of halogens is 3. The van der Waals surface area contributed by atoms with E-state index in [1.54, 1.807) is 24.3 Å². The average molecular weight is 617 g/mol. The fraction of sp³-hybridized carbons (Fsp3) is 0.321. The molecule has 11 heteroatoms. The maximum atomic E-state index is 15.7. The van der Waals surface area contributed by atoms with E-state index in [9.17, 15) is 9.59 Å². The molecule has 2 bridgehead atoms. The number of pyridine rings is 1. The molecule has 0 saturated carbocycles. The number of fused-ring (bicyclic) bond motifs is 3. The van der Waals surface area contributed by atoms with E-state index in [1.165, 1.54) is 24.3 Å². The monoisotopic (exact) mass is 615 g/mol. The first-order valence-corrected chi connectivity index (χ1v) is 13.7. The molecule has 0 aliphatic carbocycles. The topological polar surface area (TPSA) is 81.2 Å². The second-order valence-corrected chi connectivity index (χ2v) is 11.0. The Labute approximate surface area is 237 Å². The Morgan fingerprint density at radius 1 is 1.15 bits per heavy atom. The number of esters is 1. The van der Waals surface area contributed by atoms with Crippen molar-refractivity contribution in [3.05, 3.63) is 74.7 Å². The molecule has 4 heterocycles. The third-order valence-electron chi connectivity index (χ3n) is 7.42. The van der Waals surface area contributed by atoms with E-state index in [4.69, 9.17) is 25.8 Å². The number of nitrogens with zero attached hydrogens (tertiary/aromatic N) is 3. The lowest BCUT2D eigenvalue weighted by molar-refractivity contribution is 0.0509. The Balaban J connectivity index is 1.37. The van der Waals surface area contributed by atoms with Gasteiger partial charge in [-0.3, -0.25) is 9.69 Å². The zero-order chi connectivity index (χ0) is 27.3. The molecule has 0 radical (unpaired) electrons. The molecule has 2 aromatic carbocycles. The van der Waals surface area contributed by atoms with Crippen LogP contribution in [-0.4, -0.2) is 60.9 Å². The van der Waals surface area contributed by atoms with Gasteiger partial charge in [0.25, 0.3) is 5.91 Å². The number of methoxy groups -OCH3 is 1. The van der Waals surface area contributed by atoms with Crippen LogP contribution in [0.2, 0.25) is 5.02 Å². The van der Waals surface area contributed by atoms with Gasteiger partial charge in [0.05, 0.1) is 55.2 Å². The normalized spacial score (nSPS) is 19.9. The number of carbonyl (C=O) groups is 2. The first kappa shape index (κ1) is 26.0. The summed E-state index contributed by atoms with van der Waals surface area (Å²) in [4.78, 5) is 33.6. The van der Waals surface area contributed by atoms with Gasteiger partial charge in [-0.25, -0.2) is 14.2 Å². The summed E-state index contributed by atoms with van der Waals surface area (Å²) < 4.78 is 33.1. The van der Waals surface area contributed by atoms with Crippen LogP contribution in [0.15, 0.2) is 47.1 Å². The van der Waals surface area contributed by atoms with Crippen molar-refractivity contribution >= 4 is 45.1 Å². The quantitative estimate of drug-likeness (QED) is 0.361. The number of ether oxygens (including phenoxy) is 3. The minimum absolute atomic E-state index is 0.0563. The zero-order valence-corrected chi connectivity index (χ0v) is 23.3. The molecule has 1 aromatic heterocycles. The predicted molar refractivity (Wildman–Crippen MR) is 146 cm³/mol. The van der Waals surface area contributed by atoms with Gasteiger partial charge in [0.1, 0.15) is 17.3 Å². The van der Waals surface area contributed by atoms with E-state index in [0.29, 0.717) is 45.8 Å². The summed E-state index contributed by atoms with van der Waals surface area (Å²) >= 11 is 9.54. The number of anilines is 1. The van der Waals surface area contributed by atoms with Gasteiger partial charge in [0, 0.05) is 27.4 Å². The van der Waals surface area contributed by atoms with Crippen LogP contribution >= 0.6 is 27.5 Å². The van der Waals surface area contributed by atoms with Crippen molar-refractivity contribution in [1.82, 2.24) is 9.88 Å². The minimum atomic E-state index is -0.595. The Kier molecular flexibility index (Phi) is 6.95. The van der Waals surface area contributed by atoms with Gasteiger partial charge in [-0.2, -0.15) is 0 Å². The molecule has 6 rings (SSSR count). The Hall–Kier alpha value is -3.21. The summed E-state index contributed by atoms with van der Waals surface area (Å²) in [5.74, 6) is -1.05. The van der Waals surface area contributed by atoms with Crippen molar-refractivity contribution in [1.29, 1.82) is 0 Å². The lowest BCUT2D eigenvalue weighted by atomic mass is 9.96. The minimum Gasteiger partial charge on any atom is -0.472 e. The van der Waals surface area contributed by atoms with Gasteiger partial charge in [-0.05, 0) is 47.0 Å². The molecule has 2 atom stereocenters. The number of aromatic nitrogens is 1. The lowest BCUT2D eigenvalue weighted by Gasteiger charge is -2.37. The van der Waals surface area contributed by atoms with Gasteiger partial charge >= 0.3 is 5.97 Å². The second kappa shape index (κ2) is 10.4. The summed E-state index contributed by atoms with van der Waals surface area (Å²) in [6.07, 6.45) is 3.38. The standard InChI is InChI=1S/C28H24BrClFN3O5/c1-37-28(36)21-8-23(31)20(9-24(21)34-17-5-6-18(34)13-38-12-17)19-4-2-3-15-11-33(14-39-26(15)19)27(35)25-22(30)7-16(29)10-32-25/h2-4,7-10,17-18H,5-6,11-14H2,1H3. The molecule has 3 aromatic rings. The molecule has 0 spiro atoms. The SMILES string of the molecule is COC(=O)c1cc(F)c(-c2cccc3c2OCN(C(=O)c2ncc(Br)cc2Cl)C3)cc1N1C2CCC1COC2. The van der Waals surface area contributed by atoms with E-state index >= 15 is 4.39 Å². The van der Waals surface area contributed by atoms with Crippen molar-refractivity contribution in [2.75, 3.05) is 32.0 Å². The predicted octanol–water partition coefficient (Wildman–Crippen LogP) is 5.45. The van der Waals surface area contributed by atoms with Crippen LogP contribution in [0.5, 0.6) is 5.75 Å². The third kappa shape index (κ3) is 4.64. The van der Waals surface area contributed by atoms with Crippen molar-refractivity contribution in [2.24, 2.45) is 0 Å². The number of rotatable bonds is 4. The summed E-state index contributed by atoms with van der Waals surface area (Å²) in [5, 5.41) is 0.228. The highest BCUT2D eigenvalue weighted by molar-refractivity contribution is 9.10. The number of benzene rings is 2. The third-order valence-corrected chi connectivity index (χ3v) is 8.14. The molecule has 202 valence electrons. The van der Waals surface area contributed by atoms with E-state index in [1.807, 2.05) is 6.07 Å². The molecule has 8 nitrogen and oxygen atoms in total. The van der Waals surface area contributed by atoms with Crippen molar-refractivity contribution < 1.29 is 28.2 Å². The molecule has 1 amide bonds. The van der Waals surface area contributed by atoms with Crippen molar-refractivity contribution in [3.8, 4) is 16.9 Å². The van der Waals surface area contributed by atoms with Gasteiger partial charge < -0.3 is 19.1 Å². The van der Waals surface area contributed by atoms with Gasteiger partial charge in [-0.1, -0.05) is 29.8 Å². The first-order chi connectivity index (χ1) is 18.9. The lowest BCUT2D eigenvalue weighted by Crippen LogP contribution is -2.46. The maximum absolute atomic E-state index is 15.7. The largest absolute Gasteiger partial charge is 0.472 e. The Morgan fingerprint density at radius 3 is 2.64 bits per heavy atom. The average Bonchev–Trinajstić information content (AvgIpc) is 3.18. The highest BCUT2D eigenvalue weighted by Gasteiger charge is 2.40. The smallest absolute Gasteiger partial charge is 0.340 e. The van der Waals surface area contributed by atoms with Crippen LogP contribution in [0.3, 0.4) is 0 Å². The molecular formula is C28H24BrClFN3O5. The second-order valence-electron chi connectivity index (χ2n) is 9.72. The van der Waals surface area contributed by atoms with Gasteiger partial charge in [0.2, 0.25) is 0 Å². The van der Waals surface area contributed by atoms with Crippen LogP contribution in [0.4, 0.5) is 10.1 Å². The van der Waals surface area contributed by atoms with Crippen LogP contribution in [-0.2, 0) is 16.0 Å². The molecule has 2 unspecified atom stereocenters. The number of morpholine rings is 1. The number of hydrogen-bond donors (Lipinski definition) is 0. The van der Waals surface area contributed by atoms with Gasteiger partial charge in [0.15, 0.2) is 6.73 Å². The fourth-order valence-corrected chi connectivity index (χ4v) is 6.33. The molecule has 0 N–H and O–H groups in total. The molecule has 3 aliphatic heterocycles. The summed E-state index contributed by atoms with van der Waals surface area (Å²) in [6.45, 7) is 1.28. The summed E-state index contributed by atoms with van der Waals surface area (Å²) in [5.41, 5.74) is 2.48. The molecule has 3 aliphatic rings. The van der Waals surface area contributed by atoms with Crippen molar-refractivity contribution in [2.45, 2.75) is 31.5 Å². The fourth-order valence-electron chi connectivity index (χ4n) is 5.61. The summed E-state index contributed by atoms with van der Waals surface area (Å²) in [7, 11) is 1.29. The number of carbonyl (C=O) groups excluding carboxylic acids is 2. The Bertz CT molecular complexity index is 1470. The van der Waals surface area contributed by atoms with Crippen LogP contribution < -0.4 is 9.64 Å². The van der Waals surface area contributed by atoms with Gasteiger partial charge in [-0.15, -0.1) is 0 Å². The van der Waals surface area contributed by atoms with Crippen molar-refractivity contribution in [3.63, 3.8) is 0 Å². The Morgan fingerprint density at radius 2 is 1.92 bits per heavy atom. The first-order valence-electron chi connectivity index (χ1n) is 12.5.